The number of hydrogen-bond acceptors (Lipinski definition) is 3. The molecule has 0 fully saturated rings. The lowest BCUT2D eigenvalue weighted by molar-refractivity contribution is 0.626. The second kappa shape index (κ2) is 5.73. The van der Waals surface area contributed by atoms with E-state index >= 15 is 0 Å². The van der Waals surface area contributed by atoms with Crippen LogP contribution >= 0.6 is 0 Å². The molecule has 0 spiro atoms. The van der Waals surface area contributed by atoms with E-state index in [1.54, 1.807) is 6.92 Å². The zero-order chi connectivity index (χ0) is 12.1. The monoisotopic (exact) mass is 240 g/mol. The van der Waals surface area contributed by atoms with E-state index in [-0.39, 0.29) is 11.8 Å². The summed E-state index contributed by atoms with van der Waals surface area (Å²) in [5.41, 5.74) is 6.35. The van der Waals surface area contributed by atoms with Crippen molar-refractivity contribution in [3.8, 4) is 6.07 Å². The van der Waals surface area contributed by atoms with Gasteiger partial charge in [0.1, 0.15) is 5.82 Å². The SMILES string of the molecule is CC(N)CS(=O)Cc1cc(F)ccc1C#N. The first-order chi connectivity index (χ1) is 7.52. The smallest absolute Gasteiger partial charge is 0.123 e. The molecule has 0 aliphatic carbocycles. The van der Waals surface area contributed by atoms with Gasteiger partial charge in [0.15, 0.2) is 0 Å². The van der Waals surface area contributed by atoms with E-state index in [0.29, 0.717) is 16.9 Å². The van der Waals surface area contributed by atoms with Gasteiger partial charge in [-0.25, -0.2) is 4.39 Å². The minimum atomic E-state index is -1.16. The molecule has 0 bridgehead atoms. The molecule has 0 aliphatic heterocycles. The Morgan fingerprint density at radius 2 is 2.31 bits per heavy atom. The lowest BCUT2D eigenvalue weighted by atomic mass is 10.1. The predicted molar refractivity (Wildman–Crippen MR) is 61.5 cm³/mol. The van der Waals surface area contributed by atoms with Gasteiger partial charge in [0.25, 0.3) is 0 Å². The van der Waals surface area contributed by atoms with Crippen molar-refractivity contribution < 1.29 is 8.60 Å². The molecular weight excluding hydrogens is 227 g/mol. The van der Waals surface area contributed by atoms with Gasteiger partial charge in [-0.2, -0.15) is 5.26 Å². The van der Waals surface area contributed by atoms with Crippen molar-refractivity contribution in [1.82, 2.24) is 0 Å². The first kappa shape index (κ1) is 12.8. The zero-order valence-electron chi connectivity index (χ0n) is 8.94. The third kappa shape index (κ3) is 3.72. The van der Waals surface area contributed by atoms with Gasteiger partial charge < -0.3 is 5.73 Å². The number of benzene rings is 1. The molecule has 1 aromatic carbocycles. The predicted octanol–water partition coefficient (Wildman–Crippen LogP) is 1.29. The van der Waals surface area contributed by atoms with Crippen LogP contribution in [0.25, 0.3) is 0 Å². The average molecular weight is 240 g/mol. The van der Waals surface area contributed by atoms with Gasteiger partial charge in [-0.1, -0.05) is 0 Å². The minimum Gasteiger partial charge on any atom is -0.327 e. The fourth-order valence-electron chi connectivity index (χ4n) is 1.32. The van der Waals surface area contributed by atoms with E-state index in [2.05, 4.69) is 0 Å². The second-order valence-corrected chi connectivity index (χ2v) is 5.14. The van der Waals surface area contributed by atoms with E-state index in [9.17, 15) is 8.60 Å². The van der Waals surface area contributed by atoms with Gasteiger partial charge in [0, 0.05) is 28.3 Å². The highest BCUT2D eigenvalue weighted by atomic mass is 32.2. The van der Waals surface area contributed by atoms with E-state index < -0.39 is 16.6 Å². The standard InChI is InChI=1S/C11H13FN2OS/c1-8(14)6-16(15)7-10-4-11(12)3-2-9(10)5-13/h2-4,8H,6-7,14H2,1H3. The Kier molecular flexibility index (Phi) is 4.59. The summed E-state index contributed by atoms with van der Waals surface area (Å²) in [6.45, 7) is 1.76. The van der Waals surface area contributed by atoms with Crippen molar-refractivity contribution in [2.24, 2.45) is 5.73 Å². The molecule has 16 heavy (non-hydrogen) atoms. The summed E-state index contributed by atoms with van der Waals surface area (Å²) >= 11 is 0. The van der Waals surface area contributed by atoms with Crippen LogP contribution < -0.4 is 5.73 Å². The van der Waals surface area contributed by atoms with E-state index in [4.69, 9.17) is 11.0 Å². The van der Waals surface area contributed by atoms with Crippen molar-refractivity contribution in [1.29, 1.82) is 5.26 Å². The third-order valence-corrected chi connectivity index (χ3v) is 3.48. The molecule has 0 heterocycles. The van der Waals surface area contributed by atoms with E-state index in [0.717, 1.165) is 0 Å². The summed E-state index contributed by atoms with van der Waals surface area (Å²) < 4.78 is 24.6. The maximum atomic E-state index is 13.0. The molecule has 2 atom stereocenters. The largest absolute Gasteiger partial charge is 0.327 e. The topological polar surface area (TPSA) is 66.9 Å². The van der Waals surface area contributed by atoms with E-state index in [1.165, 1.54) is 18.2 Å². The van der Waals surface area contributed by atoms with Crippen molar-refractivity contribution in [2.45, 2.75) is 18.7 Å². The minimum absolute atomic E-state index is 0.167. The Morgan fingerprint density at radius 3 is 2.88 bits per heavy atom. The highest BCUT2D eigenvalue weighted by molar-refractivity contribution is 7.84. The van der Waals surface area contributed by atoms with Gasteiger partial charge in [0.2, 0.25) is 0 Å². The van der Waals surface area contributed by atoms with Gasteiger partial charge in [-0.15, -0.1) is 0 Å². The zero-order valence-corrected chi connectivity index (χ0v) is 9.76. The summed E-state index contributed by atoms with van der Waals surface area (Å²) in [7, 11) is -1.16. The lowest BCUT2D eigenvalue weighted by Gasteiger charge is -2.06. The highest BCUT2D eigenvalue weighted by Crippen LogP contribution is 2.13. The Labute approximate surface area is 96.5 Å². The molecule has 0 aliphatic rings. The molecule has 1 rings (SSSR count). The Bertz CT molecular complexity index is 440. The van der Waals surface area contributed by atoms with Crippen LogP contribution in [-0.4, -0.2) is 16.0 Å². The van der Waals surface area contributed by atoms with Crippen LogP contribution in [-0.2, 0) is 16.6 Å². The molecule has 2 N–H and O–H groups in total. The average Bonchev–Trinajstić information content (AvgIpc) is 2.16. The molecule has 1 aromatic rings. The van der Waals surface area contributed by atoms with Crippen LogP contribution in [0.15, 0.2) is 18.2 Å². The molecule has 3 nitrogen and oxygen atoms in total. The molecule has 5 heteroatoms. The maximum Gasteiger partial charge on any atom is 0.123 e. The summed E-state index contributed by atoms with van der Waals surface area (Å²) in [6.07, 6.45) is 0. The maximum absolute atomic E-state index is 13.0. The molecule has 86 valence electrons. The van der Waals surface area contributed by atoms with Crippen LogP contribution in [0.4, 0.5) is 4.39 Å². The highest BCUT2D eigenvalue weighted by Gasteiger charge is 2.09. The fourth-order valence-corrected chi connectivity index (χ4v) is 2.61. The summed E-state index contributed by atoms with van der Waals surface area (Å²) in [4.78, 5) is 0. The van der Waals surface area contributed by atoms with Crippen LogP contribution in [0.1, 0.15) is 18.1 Å². The van der Waals surface area contributed by atoms with Gasteiger partial charge in [-0.05, 0) is 30.7 Å². The van der Waals surface area contributed by atoms with Gasteiger partial charge >= 0.3 is 0 Å². The second-order valence-electron chi connectivity index (χ2n) is 3.64. The van der Waals surface area contributed by atoms with Crippen LogP contribution in [0.3, 0.4) is 0 Å². The summed E-state index contributed by atoms with van der Waals surface area (Å²) in [5.74, 6) is 0.0932. The third-order valence-electron chi connectivity index (χ3n) is 1.95. The van der Waals surface area contributed by atoms with E-state index in [1.807, 2.05) is 6.07 Å². The molecule has 2 unspecified atom stereocenters. The van der Waals surface area contributed by atoms with Gasteiger partial charge in [-0.3, -0.25) is 4.21 Å². The van der Waals surface area contributed by atoms with Gasteiger partial charge in [0.05, 0.1) is 11.6 Å². The number of rotatable bonds is 4. The number of hydrogen-bond donors (Lipinski definition) is 1. The molecule has 0 saturated heterocycles. The number of nitrogens with zero attached hydrogens (tertiary/aromatic N) is 1. The molecule has 0 radical (unpaired) electrons. The summed E-state index contributed by atoms with van der Waals surface area (Å²) in [6, 6.07) is 5.65. The molecule has 0 aromatic heterocycles. The normalized spacial score (nSPS) is 14.1. The van der Waals surface area contributed by atoms with Crippen molar-refractivity contribution in [2.75, 3.05) is 5.75 Å². The summed E-state index contributed by atoms with van der Waals surface area (Å²) in [5, 5.41) is 8.81. The Balaban J connectivity index is 2.84. The molecule has 0 saturated carbocycles. The van der Waals surface area contributed by atoms with Crippen LogP contribution in [0.5, 0.6) is 0 Å². The lowest BCUT2D eigenvalue weighted by Crippen LogP contribution is -2.23. The molecular formula is C11H13FN2OS. The first-order valence-corrected chi connectivity index (χ1v) is 6.31. The van der Waals surface area contributed by atoms with Crippen LogP contribution in [0.2, 0.25) is 0 Å². The fraction of sp³-hybridized carbons (Fsp3) is 0.364. The number of nitriles is 1. The first-order valence-electron chi connectivity index (χ1n) is 4.82. The van der Waals surface area contributed by atoms with Crippen molar-refractivity contribution >= 4 is 10.8 Å². The Hall–Kier alpha value is -1.25. The van der Waals surface area contributed by atoms with Crippen LogP contribution in [0, 0.1) is 17.1 Å². The van der Waals surface area contributed by atoms with Crippen molar-refractivity contribution in [3.05, 3.63) is 35.1 Å². The number of halogens is 1. The quantitative estimate of drug-likeness (QED) is 0.862. The number of nitrogens with two attached hydrogens (primary N) is 1. The van der Waals surface area contributed by atoms with Crippen molar-refractivity contribution in [3.63, 3.8) is 0 Å². The molecule has 0 amide bonds. The Morgan fingerprint density at radius 1 is 1.62 bits per heavy atom.